The van der Waals surface area contributed by atoms with Crippen molar-refractivity contribution in [3.05, 3.63) is 22.3 Å². The van der Waals surface area contributed by atoms with E-state index in [0.29, 0.717) is 12.8 Å². The molecule has 0 aromatic rings. The van der Waals surface area contributed by atoms with E-state index in [-0.39, 0.29) is 16.6 Å². The first-order valence-corrected chi connectivity index (χ1v) is 5.44. The van der Waals surface area contributed by atoms with Crippen LogP contribution < -0.4 is 0 Å². The predicted molar refractivity (Wildman–Crippen MR) is 57.2 cm³/mol. The van der Waals surface area contributed by atoms with Gasteiger partial charge in [-0.3, -0.25) is 14.9 Å². The molecule has 1 rings (SSSR count). The summed E-state index contributed by atoms with van der Waals surface area (Å²) in [7, 11) is 0. The van der Waals surface area contributed by atoms with E-state index >= 15 is 0 Å². The van der Waals surface area contributed by atoms with Gasteiger partial charge in [0.1, 0.15) is 5.78 Å². The molecule has 0 aliphatic heterocycles. The van der Waals surface area contributed by atoms with Gasteiger partial charge in [-0.1, -0.05) is 12.5 Å². The zero-order chi connectivity index (χ0) is 11.3. The molecule has 1 saturated carbocycles. The van der Waals surface area contributed by atoms with Gasteiger partial charge < -0.3 is 0 Å². The van der Waals surface area contributed by atoms with Gasteiger partial charge in [-0.15, -0.1) is 0 Å². The Morgan fingerprint density at radius 2 is 2.33 bits per heavy atom. The molecule has 1 aliphatic rings. The van der Waals surface area contributed by atoms with Gasteiger partial charge in [-0.25, -0.2) is 0 Å². The van der Waals surface area contributed by atoms with E-state index in [1.807, 2.05) is 0 Å². The third kappa shape index (κ3) is 3.46. The molecular formula is C11H17NO3. The average Bonchev–Trinajstić information content (AvgIpc) is 2.20. The van der Waals surface area contributed by atoms with Crippen molar-refractivity contribution < 1.29 is 9.72 Å². The molecule has 0 bridgehead atoms. The lowest BCUT2D eigenvalue weighted by atomic mass is 9.84. The van der Waals surface area contributed by atoms with Crippen molar-refractivity contribution in [3.8, 4) is 0 Å². The second-order valence-electron chi connectivity index (χ2n) is 4.02. The maximum absolute atomic E-state index is 11.5. The first-order chi connectivity index (χ1) is 7.15. The molecular weight excluding hydrogens is 194 g/mol. The summed E-state index contributed by atoms with van der Waals surface area (Å²) >= 11 is 0. The van der Waals surface area contributed by atoms with E-state index in [4.69, 9.17) is 0 Å². The van der Waals surface area contributed by atoms with Gasteiger partial charge in [0.2, 0.25) is 6.04 Å². The molecule has 0 heterocycles. The molecule has 0 aromatic carbocycles. The van der Waals surface area contributed by atoms with Crippen molar-refractivity contribution in [1.82, 2.24) is 0 Å². The first-order valence-electron chi connectivity index (χ1n) is 5.44. The molecule has 1 fully saturated rings. The van der Waals surface area contributed by atoms with Gasteiger partial charge in [0.15, 0.2) is 0 Å². The number of Topliss-reactive ketones (excluding diaryl/α,β-unsaturated/α-hetero) is 1. The molecule has 84 valence electrons. The smallest absolute Gasteiger partial charge is 0.231 e. The number of hydrogen-bond acceptors (Lipinski definition) is 3. The zero-order valence-electron chi connectivity index (χ0n) is 9.02. The van der Waals surface area contributed by atoms with Gasteiger partial charge >= 0.3 is 0 Å². The normalized spacial score (nSPS) is 24.3. The number of hydrogen-bond donors (Lipinski definition) is 0. The minimum Gasteiger partial charge on any atom is -0.299 e. The lowest BCUT2D eigenvalue weighted by molar-refractivity contribution is -0.511. The summed E-state index contributed by atoms with van der Waals surface area (Å²) in [6.07, 6.45) is 7.02. The highest BCUT2D eigenvalue weighted by Gasteiger charge is 2.28. The number of carbonyl (C=O) groups excluding carboxylic acids is 1. The van der Waals surface area contributed by atoms with E-state index in [1.165, 1.54) is 0 Å². The van der Waals surface area contributed by atoms with Crippen molar-refractivity contribution in [3.63, 3.8) is 0 Å². The third-order valence-corrected chi connectivity index (χ3v) is 2.89. The maximum Gasteiger partial charge on any atom is 0.231 e. The lowest BCUT2D eigenvalue weighted by Crippen LogP contribution is -2.27. The largest absolute Gasteiger partial charge is 0.299 e. The van der Waals surface area contributed by atoms with Crippen LogP contribution in [-0.2, 0) is 4.79 Å². The van der Waals surface area contributed by atoms with Crippen LogP contribution in [0.2, 0.25) is 0 Å². The van der Waals surface area contributed by atoms with Crippen molar-refractivity contribution >= 4 is 5.78 Å². The van der Waals surface area contributed by atoms with Crippen molar-refractivity contribution in [2.45, 2.75) is 45.1 Å². The minimum absolute atomic E-state index is 0.0923. The molecule has 0 N–H and O–H groups in total. The Labute approximate surface area is 89.5 Å². The standard InChI is InChI=1S/C11H17NO3/c1-2-5-10(12(14)15)8-9-6-3-4-7-11(9)13/h2,5,9-10H,3-4,6-8H2,1H3/b5-2+. The van der Waals surface area contributed by atoms with E-state index in [9.17, 15) is 14.9 Å². The van der Waals surface area contributed by atoms with Gasteiger partial charge in [-0.2, -0.15) is 0 Å². The van der Waals surface area contributed by atoms with Gasteiger partial charge in [0.25, 0.3) is 0 Å². The van der Waals surface area contributed by atoms with E-state index < -0.39 is 6.04 Å². The monoisotopic (exact) mass is 211 g/mol. The molecule has 0 aromatic heterocycles. The van der Waals surface area contributed by atoms with E-state index in [0.717, 1.165) is 19.3 Å². The predicted octanol–water partition coefficient (Wildman–Crippen LogP) is 2.36. The molecule has 2 atom stereocenters. The third-order valence-electron chi connectivity index (χ3n) is 2.89. The van der Waals surface area contributed by atoms with Crippen LogP contribution in [0.5, 0.6) is 0 Å². The average molecular weight is 211 g/mol. The molecule has 1 aliphatic carbocycles. The summed E-state index contributed by atoms with van der Waals surface area (Å²) in [4.78, 5) is 21.9. The van der Waals surface area contributed by atoms with E-state index in [2.05, 4.69) is 0 Å². The first kappa shape index (κ1) is 11.9. The number of carbonyl (C=O) groups is 1. The summed E-state index contributed by atoms with van der Waals surface area (Å²) in [5.74, 6) is 0.114. The number of rotatable bonds is 4. The van der Waals surface area contributed by atoms with Crippen LogP contribution in [0.25, 0.3) is 0 Å². The van der Waals surface area contributed by atoms with Crippen LogP contribution in [0.15, 0.2) is 12.2 Å². The fraction of sp³-hybridized carbons (Fsp3) is 0.727. The number of nitro groups is 1. The van der Waals surface area contributed by atoms with Crippen molar-refractivity contribution in [1.29, 1.82) is 0 Å². The van der Waals surface area contributed by atoms with Crippen LogP contribution in [0.1, 0.15) is 39.0 Å². The molecule has 2 unspecified atom stereocenters. The van der Waals surface area contributed by atoms with Gasteiger partial charge in [0, 0.05) is 23.7 Å². The topological polar surface area (TPSA) is 60.2 Å². The molecule has 0 radical (unpaired) electrons. The Bertz CT molecular complexity index is 273. The van der Waals surface area contributed by atoms with E-state index in [1.54, 1.807) is 19.1 Å². The highest BCUT2D eigenvalue weighted by molar-refractivity contribution is 5.81. The molecule has 4 heteroatoms. The number of nitrogens with zero attached hydrogens (tertiary/aromatic N) is 1. The lowest BCUT2D eigenvalue weighted by Gasteiger charge is -2.20. The highest BCUT2D eigenvalue weighted by atomic mass is 16.6. The van der Waals surface area contributed by atoms with Crippen LogP contribution in [0, 0.1) is 16.0 Å². The van der Waals surface area contributed by atoms with Gasteiger partial charge in [-0.05, 0) is 25.8 Å². The summed E-state index contributed by atoms with van der Waals surface area (Å²) in [6, 6.07) is -0.693. The summed E-state index contributed by atoms with van der Waals surface area (Å²) < 4.78 is 0. The maximum atomic E-state index is 11.5. The fourth-order valence-corrected chi connectivity index (χ4v) is 2.05. The highest BCUT2D eigenvalue weighted by Crippen LogP contribution is 2.25. The van der Waals surface area contributed by atoms with Crippen LogP contribution >= 0.6 is 0 Å². The Balaban J connectivity index is 2.56. The molecule has 0 spiro atoms. The number of ketones is 1. The second-order valence-corrected chi connectivity index (χ2v) is 4.02. The number of allylic oxidation sites excluding steroid dienone is 1. The molecule has 0 saturated heterocycles. The quantitative estimate of drug-likeness (QED) is 0.407. The zero-order valence-corrected chi connectivity index (χ0v) is 9.02. The van der Waals surface area contributed by atoms with Gasteiger partial charge in [0.05, 0.1) is 0 Å². The Morgan fingerprint density at radius 1 is 1.60 bits per heavy atom. The minimum atomic E-state index is -0.693. The van der Waals surface area contributed by atoms with Crippen LogP contribution in [0.4, 0.5) is 0 Å². The molecule has 15 heavy (non-hydrogen) atoms. The Morgan fingerprint density at radius 3 is 2.87 bits per heavy atom. The summed E-state index contributed by atoms with van der Waals surface area (Å²) in [5.41, 5.74) is 0. The fourth-order valence-electron chi connectivity index (χ4n) is 2.05. The summed E-state index contributed by atoms with van der Waals surface area (Å²) in [6.45, 7) is 1.76. The van der Waals surface area contributed by atoms with Crippen LogP contribution in [-0.4, -0.2) is 16.7 Å². The van der Waals surface area contributed by atoms with Crippen molar-refractivity contribution in [2.24, 2.45) is 5.92 Å². The van der Waals surface area contributed by atoms with Crippen molar-refractivity contribution in [2.75, 3.05) is 0 Å². The Kier molecular flexibility index (Phi) is 4.46. The second kappa shape index (κ2) is 5.63. The molecule has 4 nitrogen and oxygen atoms in total. The SMILES string of the molecule is C/C=C/C(CC1CCCCC1=O)[N+](=O)[O-]. The Hall–Kier alpha value is -1.19. The molecule has 0 amide bonds. The van der Waals surface area contributed by atoms with Crippen LogP contribution in [0.3, 0.4) is 0 Å². The summed E-state index contributed by atoms with van der Waals surface area (Å²) in [5, 5.41) is 10.7.